The van der Waals surface area contributed by atoms with Crippen molar-refractivity contribution < 1.29 is 0 Å². The molecule has 1 saturated carbocycles. The zero-order valence-corrected chi connectivity index (χ0v) is 10.2. The predicted molar refractivity (Wildman–Crippen MR) is 61.8 cm³/mol. The molecule has 1 aromatic heterocycles. The highest BCUT2D eigenvalue weighted by molar-refractivity contribution is 5.21. The Morgan fingerprint density at radius 3 is 2.47 bits per heavy atom. The van der Waals surface area contributed by atoms with Gasteiger partial charge in [-0.1, -0.05) is 20.8 Å². The molecule has 84 valence electrons. The molecule has 0 bridgehead atoms. The molecule has 1 aliphatic carbocycles. The summed E-state index contributed by atoms with van der Waals surface area (Å²) >= 11 is 0. The fourth-order valence-corrected chi connectivity index (χ4v) is 1.74. The summed E-state index contributed by atoms with van der Waals surface area (Å²) in [6, 6.07) is 2.20. The minimum Gasteiger partial charge on any atom is -0.325 e. The highest BCUT2D eigenvalue weighted by atomic mass is 15.3. The van der Waals surface area contributed by atoms with E-state index in [1.807, 2.05) is 11.7 Å². The first-order valence-electron chi connectivity index (χ1n) is 5.62. The second-order valence-electron chi connectivity index (χ2n) is 5.93. The van der Waals surface area contributed by atoms with Crippen LogP contribution in [0.4, 0.5) is 0 Å². The van der Waals surface area contributed by atoms with Crippen LogP contribution in [0, 0.1) is 0 Å². The lowest BCUT2D eigenvalue weighted by atomic mass is 9.92. The number of aromatic nitrogens is 2. The lowest BCUT2D eigenvalue weighted by molar-refractivity contribution is 0.548. The molecule has 3 heteroatoms. The van der Waals surface area contributed by atoms with Crippen molar-refractivity contribution >= 4 is 0 Å². The van der Waals surface area contributed by atoms with Gasteiger partial charge in [-0.15, -0.1) is 0 Å². The Hall–Kier alpha value is -0.830. The van der Waals surface area contributed by atoms with Crippen molar-refractivity contribution in [1.82, 2.24) is 9.78 Å². The van der Waals surface area contributed by atoms with Crippen LogP contribution in [-0.4, -0.2) is 15.3 Å². The van der Waals surface area contributed by atoms with Crippen LogP contribution in [0.3, 0.4) is 0 Å². The van der Waals surface area contributed by atoms with Crippen molar-refractivity contribution in [2.75, 3.05) is 0 Å². The average molecular weight is 207 g/mol. The summed E-state index contributed by atoms with van der Waals surface area (Å²) in [5.41, 5.74) is 8.74. The fraction of sp³-hybridized carbons (Fsp3) is 0.750. The van der Waals surface area contributed by atoms with E-state index < -0.39 is 0 Å². The minimum absolute atomic E-state index is 0.0724. The highest BCUT2D eigenvalue weighted by Gasteiger charge is 2.39. The number of nitrogens with two attached hydrogens (primary N) is 1. The number of hydrogen-bond donors (Lipinski definition) is 1. The molecule has 0 atom stereocenters. The lowest BCUT2D eigenvalue weighted by Gasteiger charge is -2.13. The van der Waals surface area contributed by atoms with E-state index in [1.54, 1.807) is 0 Å². The molecule has 1 aliphatic rings. The molecule has 1 aromatic rings. The Morgan fingerprint density at radius 1 is 1.47 bits per heavy atom. The monoisotopic (exact) mass is 207 g/mol. The summed E-state index contributed by atoms with van der Waals surface area (Å²) < 4.78 is 1.98. The van der Waals surface area contributed by atoms with Gasteiger partial charge in [0.1, 0.15) is 0 Å². The standard InChI is InChI=1S/C12H21N3/c1-11(2,3)10-7-9(15(4)14-10)8-12(13)5-6-12/h7H,5-6,8,13H2,1-4H3. The number of hydrogen-bond acceptors (Lipinski definition) is 2. The van der Waals surface area contributed by atoms with Gasteiger partial charge in [0, 0.05) is 30.1 Å². The third-order valence-electron chi connectivity index (χ3n) is 3.17. The molecule has 15 heavy (non-hydrogen) atoms. The van der Waals surface area contributed by atoms with Gasteiger partial charge in [-0.3, -0.25) is 4.68 Å². The minimum atomic E-state index is 0.0724. The molecule has 2 N–H and O–H groups in total. The average Bonchev–Trinajstić information content (AvgIpc) is 2.67. The number of rotatable bonds is 2. The van der Waals surface area contributed by atoms with Crippen LogP contribution in [0.25, 0.3) is 0 Å². The maximum absolute atomic E-state index is 6.12. The van der Waals surface area contributed by atoms with Crippen LogP contribution >= 0.6 is 0 Å². The van der Waals surface area contributed by atoms with E-state index in [2.05, 4.69) is 31.9 Å². The molecule has 0 aromatic carbocycles. The van der Waals surface area contributed by atoms with Crippen molar-refractivity contribution in [3.05, 3.63) is 17.5 Å². The van der Waals surface area contributed by atoms with Crippen molar-refractivity contribution in [3.8, 4) is 0 Å². The van der Waals surface area contributed by atoms with Gasteiger partial charge in [-0.25, -0.2) is 0 Å². The van der Waals surface area contributed by atoms with E-state index in [9.17, 15) is 0 Å². The smallest absolute Gasteiger partial charge is 0.0680 e. The largest absolute Gasteiger partial charge is 0.325 e. The van der Waals surface area contributed by atoms with Crippen molar-refractivity contribution in [2.24, 2.45) is 12.8 Å². The molecule has 0 spiro atoms. The Balaban J connectivity index is 2.22. The first-order valence-corrected chi connectivity index (χ1v) is 5.62. The Labute approximate surface area is 91.7 Å². The normalized spacial score (nSPS) is 19.3. The summed E-state index contributed by atoms with van der Waals surface area (Å²) in [7, 11) is 2.01. The molecule has 1 fully saturated rings. The van der Waals surface area contributed by atoms with Crippen LogP contribution in [0.2, 0.25) is 0 Å². The van der Waals surface area contributed by atoms with E-state index in [0.717, 1.165) is 25.0 Å². The van der Waals surface area contributed by atoms with Crippen LogP contribution in [0.15, 0.2) is 6.07 Å². The summed E-state index contributed by atoms with van der Waals surface area (Å²) in [4.78, 5) is 0. The maximum atomic E-state index is 6.12. The van der Waals surface area contributed by atoms with Crippen LogP contribution in [0.1, 0.15) is 45.0 Å². The Bertz CT molecular complexity index is 367. The van der Waals surface area contributed by atoms with Gasteiger partial charge in [0.2, 0.25) is 0 Å². The summed E-state index contributed by atoms with van der Waals surface area (Å²) in [5, 5.41) is 4.55. The van der Waals surface area contributed by atoms with Gasteiger partial charge in [0.25, 0.3) is 0 Å². The topological polar surface area (TPSA) is 43.8 Å². The van der Waals surface area contributed by atoms with Gasteiger partial charge < -0.3 is 5.73 Å². The zero-order valence-electron chi connectivity index (χ0n) is 10.2. The molecule has 3 nitrogen and oxygen atoms in total. The molecule has 1 heterocycles. The maximum Gasteiger partial charge on any atom is 0.0680 e. The van der Waals surface area contributed by atoms with Crippen LogP contribution in [0.5, 0.6) is 0 Å². The SMILES string of the molecule is Cn1nc(C(C)(C)C)cc1CC1(N)CC1. The first-order chi connectivity index (χ1) is 6.80. The Morgan fingerprint density at radius 2 is 2.07 bits per heavy atom. The molecule has 0 saturated heterocycles. The molecular formula is C12H21N3. The molecule has 0 amide bonds. The van der Waals surface area contributed by atoms with Gasteiger partial charge in [0.15, 0.2) is 0 Å². The highest BCUT2D eigenvalue weighted by Crippen LogP contribution is 2.36. The third-order valence-corrected chi connectivity index (χ3v) is 3.17. The zero-order chi connectivity index (χ0) is 11.3. The summed E-state index contributed by atoms with van der Waals surface area (Å²) in [5.74, 6) is 0. The molecule has 2 rings (SSSR count). The second kappa shape index (κ2) is 3.08. The van der Waals surface area contributed by atoms with Crippen molar-refractivity contribution in [1.29, 1.82) is 0 Å². The first kappa shape index (κ1) is 10.7. The molecular weight excluding hydrogens is 186 g/mol. The number of aryl methyl sites for hydroxylation is 1. The number of nitrogens with zero attached hydrogens (tertiary/aromatic N) is 2. The van der Waals surface area contributed by atoms with Crippen molar-refractivity contribution in [2.45, 2.75) is 51.0 Å². The van der Waals surface area contributed by atoms with E-state index in [4.69, 9.17) is 5.73 Å². The van der Waals surface area contributed by atoms with E-state index >= 15 is 0 Å². The van der Waals surface area contributed by atoms with E-state index in [0.29, 0.717) is 0 Å². The second-order valence-corrected chi connectivity index (χ2v) is 5.93. The summed E-state index contributed by atoms with van der Waals surface area (Å²) in [6.07, 6.45) is 3.28. The van der Waals surface area contributed by atoms with Gasteiger partial charge >= 0.3 is 0 Å². The molecule has 0 radical (unpaired) electrons. The van der Waals surface area contributed by atoms with E-state index in [-0.39, 0.29) is 11.0 Å². The quantitative estimate of drug-likeness (QED) is 0.803. The fourth-order valence-electron chi connectivity index (χ4n) is 1.74. The lowest BCUT2D eigenvalue weighted by Crippen LogP contribution is -2.25. The van der Waals surface area contributed by atoms with Crippen molar-refractivity contribution in [3.63, 3.8) is 0 Å². The van der Waals surface area contributed by atoms with E-state index in [1.165, 1.54) is 5.69 Å². The van der Waals surface area contributed by atoms with Crippen LogP contribution in [-0.2, 0) is 18.9 Å². The third kappa shape index (κ3) is 2.23. The van der Waals surface area contributed by atoms with Gasteiger partial charge in [-0.05, 0) is 18.9 Å². The van der Waals surface area contributed by atoms with Gasteiger partial charge in [0.05, 0.1) is 5.69 Å². The molecule has 0 unspecified atom stereocenters. The predicted octanol–water partition coefficient (Wildman–Crippen LogP) is 1.75. The van der Waals surface area contributed by atoms with Crippen LogP contribution < -0.4 is 5.73 Å². The Kier molecular flexibility index (Phi) is 2.19. The summed E-state index contributed by atoms with van der Waals surface area (Å²) in [6.45, 7) is 6.57. The molecule has 0 aliphatic heterocycles. The van der Waals surface area contributed by atoms with Gasteiger partial charge in [-0.2, -0.15) is 5.10 Å².